The van der Waals surface area contributed by atoms with Crippen LogP contribution in [-0.4, -0.2) is 32.1 Å². The molecular formula is C12H16ClNO2. The molecule has 0 heterocycles. The van der Waals surface area contributed by atoms with E-state index in [0.29, 0.717) is 5.02 Å². The van der Waals surface area contributed by atoms with Crippen LogP contribution < -0.4 is 0 Å². The SMILES string of the molecule is COC(=O)C(C)(c1cccc(Cl)c1)N(C)C. The summed E-state index contributed by atoms with van der Waals surface area (Å²) in [4.78, 5) is 13.7. The van der Waals surface area contributed by atoms with Crippen LogP contribution in [0.3, 0.4) is 0 Å². The van der Waals surface area contributed by atoms with Gasteiger partial charge in [0.2, 0.25) is 0 Å². The number of rotatable bonds is 3. The Hall–Kier alpha value is -1.06. The van der Waals surface area contributed by atoms with E-state index in [4.69, 9.17) is 16.3 Å². The Morgan fingerprint density at radius 3 is 2.50 bits per heavy atom. The number of halogens is 1. The van der Waals surface area contributed by atoms with Gasteiger partial charge in [-0.1, -0.05) is 23.7 Å². The summed E-state index contributed by atoms with van der Waals surface area (Å²) in [7, 11) is 5.05. The maximum Gasteiger partial charge on any atom is 0.330 e. The second-order valence-corrected chi connectivity index (χ2v) is 4.41. The highest BCUT2D eigenvalue weighted by molar-refractivity contribution is 6.30. The van der Waals surface area contributed by atoms with E-state index in [-0.39, 0.29) is 5.97 Å². The van der Waals surface area contributed by atoms with E-state index < -0.39 is 5.54 Å². The minimum Gasteiger partial charge on any atom is -0.467 e. The Kier molecular flexibility index (Phi) is 3.94. The third kappa shape index (κ3) is 2.20. The van der Waals surface area contributed by atoms with E-state index in [2.05, 4.69) is 0 Å². The largest absolute Gasteiger partial charge is 0.467 e. The van der Waals surface area contributed by atoms with Crippen molar-refractivity contribution < 1.29 is 9.53 Å². The summed E-state index contributed by atoms with van der Waals surface area (Å²) in [6.45, 7) is 1.81. The van der Waals surface area contributed by atoms with Gasteiger partial charge in [0.1, 0.15) is 5.54 Å². The highest BCUT2D eigenvalue weighted by atomic mass is 35.5. The van der Waals surface area contributed by atoms with Crippen molar-refractivity contribution in [2.24, 2.45) is 0 Å². The standard InChI is InChI=1S/C12H16ClNO2/c1-12(14(2)3,11(15)16-4)9-6-5-7-10(13)8-9/h5-8H,1-4H3. The molecule has 0 saturated carbocycles. The Morgan fingerprint density at radius 1 is 1.44 bits per heavy atom. The maximum absolute atomic E-state index is 11.9. The Bertz CT molecular complexity index is 392. The molecule has 3 nitrogen and oxygen atoms in total. The summed E-state index contributed by atoms with van der Waals surface area (Å²) < 4.78 is 4.85. The monoisotopic (exact) mass is 241 g/mol. The van der Waals surface area contributed by atoms with E-state index in [9.17, 15) is 4.79 Å². The molecule has 0 aliphatic rings. The van der Waals surface area contributed by atoms with Gasteiger partial charge in [-0.2, -0.15) is 0 Å². The summed E-state index contributed by atoms with van der Waals surface area (Å²) in [5, 5.41) is 0.606. The molecule has 0 fully saturated rings. The average molecular weight is 242 g/mol. The third-order valence-corrected chi connectivity index (χ3v) is 3.10. The Labute approximate surface area is 101 Å². The predicted molar refractivity (Wildman–Crippen MR) is 64.5 cm³/mol. The van der Waals surface area contributed by atoms with Crippen LogP contribution in [0.2, 0.25) is 5.02 Å². The molecule has 0 aliphatic carbocycles. The van der Waals surface area contributed by atoms with Crippen LogP contribution in [0.4, 0.5) is 0 Å². The van der Waals surface area contributed by atoms with Crippen molar-refractivity contribution in [1.82, 2.24) is 4.90 Å². The molecule has 0 bridgehead atoms. The van der Waals surface area contributed by atoms with Crippen molar-refractivity contribution in [2.45, 2.75) is 12.5 Å². The van der Waals surface area contributed by atoms with Crippen LogP contribution in [0, 0.1) is 0 Å². The van der Waals surface area contributed by atoms with E-state index in [1.165, 1.54) is 7.11 Å². The lowest BCUT2D eigenvalue weighted by Gasteiger charge is -2.33. The average Bonchev–Trinajstić information content (AvgIpc) is 2.26. The van der Waals surface area contributed by atoms with Gasteiger partial charge in [-0.3, -0.25) is 4.90 Å². The first-order valence-corrected chi connectivity index (χ1v) is 5.32. The van der Waals surface area contributed by atoms with Crippen LogP contribution in [0.5, 0.6) is 0 Å². The number of hydrogen-bond acceptors (Lipinski definition) is 3. The Balaban J connectivity index is 3.27. The molecule has 0 aromatic heterocycles. The number of likely N-dealkylation sites (N-methyl/N-ethyl adjacent to an activating group) is 1. The zero-order valence-corrected chi connectivity index (χ0v) is 10.7. The summed E-state index contributed by atoms with van der Waals surface area (Å²) in [5.41, 5.74) is -0.00326. The van der Waals surface area contributed by atoms with Gasteiger partial charge in [-0.25, -0.2) is 4.79 Å². The van der Waals surface area contributed by atoms with Crippen molar-refractivity contribution in [1.29, 1.82) is 0 Å². The quantitative estimate of drug-likeness (QED) is 0.761. The Morgan fingerprint density at radius 2 is 2.06 bits per heavy atom. The van der Waals surface area contributed by atoms with Crippen molar-refractivity contribution in [3.8, 4) is 0 Å². The van der Waals surface area contributed by atoms with Crippen molar-refractivity contribution in [3.63, 3.8) is 0 Å². The van der Waals surface area contributed by atoms with E-state index >= 15 is 0 Å². The molecular weight excluding hydrogens is 226 g/mol. The predicted octanol–water partition coefficient (Wildman–Crippen LogP) is 2.29. The second kappa shape index (κ2) is 4.85. The second-order valence-electron chi connectivity index (χ2n) is 3.97. The minimum atomic E-state index is -0.820. The lowest BCUT2D eigenvalue weighted by molar-refractivity contribution is -0.153. The first-order valence-electron chi connectivity index (χ1n) is 4.94. The number of hydrogen-bond donors (Lipinski definition) is 0. The van der Waals surface area contributed by atoms with Gasteiger partial charge in [0, 0.05) is 5.02 Å². The highest BCUT2D eigenvalue weighted by Gasteiger charge is 2.38. The van der Waals surface area contributed by atoms with Gasteiger partial charge in [0.15, 0.2) is 0 Å². The number of carbonyl (C=O) groups excluding carboxylic acids is 1. The minimum absolute atomic E-state index is 0.306. The molecule has 0 spiro atoms. The van der Waals surface area contributed by atoms with Gasteiger partial charge in [0.05, 0.1) is 7.11 Å². The summed E-state index contributed by atoms with van der Waals surface area (Å²) in [6, 6.07) is 7.24. The number of carbonyl (C=O) groups is 1. The molecule has 1 unspecified atom stereocenters. The van der Waals surface area contributed by atoms with Crippen molar-refractivity contribution >= 4 is 17.6 Å². The smallest absolute Gasteiger partial charge is 0.330 e. The van der Waals surface area contributed by atoms with Crippen LogP contribution in [0.25, 0.3) is 0 Å². The third-order valence-electron chi connectivity index (χ3n) is 2.86. The lowest BCUT2D eigenvalue weighted by atomic mass is 9.91. The summed E-state index contributed by atoms with van der Waals surface area (Å²) in [6.07, 6.45) is 0. The molecule has 0 aliphatic heterocycles. The van der Waals surface area contributed by atoms with E-state index in [0.717, 1.165) is 5.56 Å². The zero-order valence-electron chi connectivity index (χ0n) is 9.95. The summed E-state index contributed by atoms with van der Waals surface area (Å²) in [5.74, 6) is -0.306. The molecule has 0 saturated heterocycles. The molecule has 0 amide bonds. The number of benzene rings is 1. The number of esters is 1. The topological polar surface area (TPSA) is 29.5 Å². The lowest BCUT2D eigenvalue weighted by Crippen LogP contribution is -2.46. The normalized spacial score (nSPS) is 14.6. The fourth-order valence-electron chi connectivity index (χ4n) is 1.55. The van der Waals surface area contributed by atoms with Gasteiger partial charge >= 0.3 is 5.97 Å². The molecule has 16 heavy (non-hydrogen) atoms. The molecule has 1 atom stereocenters. The van der Waals surface area contributed by atoms with Gasteiger partial charge in [-0.15, -0.1) is 0 Å². The first-order chi connectivity index (χ1) is 7.42. The summed E-state index contributed by atoms with van der Waals surface area (Å²) >= 11 is 5.93. The maximum atomic E-state index is 11.9. The fraction of sp³-hybridized carbons (Fsp3) is 0.417. The number of nitrogens with zero attached hydrogens (tertiary/aromatic N) is 1. The van der Waals surface area contributed by atoms with Gasteiger partial charge < -0.3 is 4.74 Å². The molecule has 4 heteroatoms. The van der Waals surface area contributed by atoms with E-state index in [1.54, 1.807) is 12.1 Å². The van der Waals surface area contributed by atoms with Crippen molar-refractivity contribution in [3.05, 3.63) is 34.9 Å². The molecule has 0 radical (unpaired) electrons. The van der Waals surface area contributed by atoms with Crippen LogP contribution in [0.15, 0.2) is 24.3 Å². The zero-order chi connectivity index (χ0) is 12.3. The molecule has 1 rings (SSSR count). The number of methoxy groups -OCH3 is 1. The molecule has 1 aromatic rings. The van der Waals surface area contributed by atoms with E-state index in [1.807, 2.05) is 38.1 Å². The van der Waals surface area contributed by atoms with Crippen LogP contribution in [-0.2, 0) is 15.1 Å². The van der Waals surface area contributed by atoms with Crippen LogP contribution >= 0.6 is 11.6 Å². The van der Waals surface area contributed by atoms with Gasteiger partial charge in [-0.05, 0) is 38.7 Å². The molecule has 1 aromatic carbocycles. The molecule has 0 N–H and O–H groups in total. The first kappa shape index (κ1) is 13.0. The highest BCUT2D eigenvalue weighted by Crippen LogP contribution is 2.29. The van der Waals surface area contributed by atoms with Crippen molar-refractivity contribution in [2.75, 3.05) is 21.2 Å². The van der Waals surface area contributed by atoms with Gasteiger partial charge in [0.25, 0.3) is 0 Å². The molecule has 88 valence electrons. The fourth-order valence-corrected chi connectivity index (χ4v) is 1.74. The van der Waals surface area contributed by atoms with Crippen LogP contribution in [0.1, 0.15) is 12.5 Å². The number of ether oxygens (including phenoxy) is 1.